The number of anilines is 2. The van der Waals surface area contributed by atoms with Crippen LogP contribution < -0.4 is 11.5 Å². The molecule has 0 radical (unpaired) electrons. The highest BCUT2D eigenvalue weighted by molar-refractivity contribution is 9.10. The zero-order valence-electron chi connectivity index (χ0n) is 16.7. The molecule has 0 amide bonds. The van der Waals surface area contributed by atoms with Gasteiger partial charge in [-0.2, -0.15) is 43.9 Å². The monoisotopic (exact) mass is 694 g/mol. The fraction of sp³-hybridized carbons (Fsp3) is 0.333. The predicted molar refractivity (Wildman–Crippen MR) is 112 cm³/mol. The zero-order valence-corrected chi connectivity index (χ0v) is 20.6. The van der Waals surface area contributed by atoms with Gasteiger partial charge in [0.25, 0.3) is 0 Å². The van der Waals surface area contributed by atoms with E-state index in [4.69, 9.17) is 23.1 Å². The average Bonchev–Trinajstić information content (AvgIpc) is 2.68. The number of hydrogen-bond donors (Lipinski definition) is 2. The molecular formula is C18H10Br2ClF13N2. The first-order chi connectivity index (χ1) is 15.8. The predicted octanol–water partition coefficient (Wildman–Crippen LogP) is 8.76. The Morgan fingerprint density at radius 1 is 0.583 bits per heavy atom. The molecule has 0 aromatic heterocycles. The lowest BCUT2D eigenvalue weighted by Gasteiger charge is -2.32. The largest absolute Gasteiger partial charge is 0.433 e. The van der Waals surface area contributed by atoms with E-state index in [1.165, 1.54) is 31.9 Å². The molecule has 0 aliphatic rings. The summed E-state index contributed by atoms with van der Waals surface area (Å²) in [6.07, 6.45) is -11.8. The fourth-order valence-corrected chi connectivity index (χ4v) is 3.55. The van der Waals surface area contributed by atoms with Crippen LogP contribution in [0.15, 0.2) is 36.4 Å². The molecule has 0 bridgehead atoms. The first-order valence-corrected chi connectivity index (χ1v) is 10.5. The summed E-state index contributed by atoms with van der Waals surface area (Å²) in [6.45, 7) is 0. The number of nitrogens with two attached hydrogens (primary N) is 2. The van der Waals surface area contributed by atoms with E-state index in [9.17, 15) is 57.1 Å². The Kier molecular flexibility index (Phi) is 9.24. The van der Waals surface area contributed by atoms with E-state index >= 15 is 0 Å². The lowest BCUT2D eigenvalue weighted by molar-refractivity contribution is -0.282. The van der Waals surface area contributed by atoms with Crippen molar-refractivity contribution >= 4 is 54.8 Å². The number of alkyl halides is 14. The molecule has 0 saturated heterocycles. The van der Waals surface area contributed by atoms with E-state index in [0.717, 1.165) is 6.07 Å². The molecule has 18 heteroatoms. The van der Waals surface area contributed by atoms with Crippen LogP contribution in [0.3, 0.4) is 0 Å². The highest BCUT2D eigenvalue weighted by atomic mass is 79.9. The first-order valence-electron chi connectivity index (χ1n) is 8.58. The normalized spacial score (nSPS) is 16.4. The highest BCUT2D eigenvalue weighted by Gasteiger charge is 2.72. The van der Waals surface area contributed by atoms with E-state index in [0.29, 0.717) is 24.3 Å². The molecule has 36 heavy (non-hydrogen) atoms. The lowest BCUT2D eigenvalue weighted by atomic mass is 9.95. The third-order valence-electron chi connectivity index (χ3n) is 4.36. The first kappa shape index (κ1) is 32.4. The minimum atomic E-state index is -5.94. The van der Waals surface area contributed by atoms with Crippen molar-refractivity contribution in [3.8, 4) is 0 Å². The molecule has 0 aliphatic carbocycles. The molecule has 204 valence electrons. The number of benzene rings is 2. The van der Waals surface area contributed by atoms with Crippen molar-refractivity contribution in [2.24, 2.45) is 0 Å². The number of rotatable bonds is 4. The molecule has 0 fully saturated rings. The van der Waals surface area contributed by atoms with Crippen LogP contribution in [0.2, 0.25) is 5.02 Å². The molecule has 2 atom stereocenters. The van der Waals surface area contributed by atoms with E-state index in [1.807, 2.05) is 0 Å². The molecule has 2 rings (SSSR count). The van der Waals surface area contributed by atoms with E-state index < -0.39 is 61.0 Å². The number of halogens is 16. The molecule has 0 aliphatic heterocycles. The highest BCUT2D eigenvalue weighted by Crippen LogP contribution is 2.56. The molecule has 0 spiro atoms. The van der Waals surface area contributed by atoms with Gasteiger partial charge in [-0.05, 0) is 56.1 Å². The quantitative estimate of drug-likeness (QED) is 0.191. The molecule has 4 N–H and O–H groups in total. The molecule has 2 unspecified atom stereocenters. The maximum atomic E-state index is 13.8. The SMILES string of the molecule is Nc1ccc(C(F)(C(F)(F)F)C(F)(F)Br)cc1Cl.Nc1ccc(C(F)(C(F)(F)F)C(F)(F)Br)cc1F. The van der Waals surface area contributed by atoms with Gasteiger partial charge in [0, 0.05) is 11.1 Å². The Morgan fingerprint density at radius 2 is 0.917 bits per heavy atom. The summed E-state index contributed by atoms with van der Waals surface area (Å²) in [4.78, 5) is -9.81. The summed E-state index contributed by atoms with van der Waals surface area (Å²) < 4.78 is 167. The average molecular weight is 697 g/mol. The third kappa shape index (κ3) is 6.09. The Morgan fingerprint density at radius 3 is 1.19 bits per heavy atom. The second-order valence-electron chi connectivity index (χ2n) is 6.78. The van der Waals surface area contributed by atoms with Gasteiger partial charge in [0.15, 0.2) is 0 Å². The molecular weight excluding hydrogens is 686 g/mol. The second kappa shape index (κ2) is 10.3. The minimum absolute atomic E-state index is 0.0159. The topological polar surface area (TPSA) is 52.0 Å². The maximum Gasteiger partial charge on any atom is 0.433 e. The van der Waals surface area contributed by atoms with Gasteiger partial charge >= 0.3 is 33.4 Å². The van der Waals surface area contributed by atoms with Gasteiger partial charge in [-0.3, -0.25) is 0 Å². The maximum absolute atomic E-state index is 13.8. The smallest absolute Gasteiger partial charge is 0.398 e. The summed E-state index contributed by atoms with van der Waals surface area (Å²) in [5.41, 5.74) is -3.43. The summed E-state index contributed by atoms with van der Waals surface area (Å²) in [7, 11) is 0. The number of hydrogen-bond acceptors (Lipinski definition) is 2. The Balaban J connectivity index is 0.000000360. The molecule has 2 nitrogen and oxygen atoms in total. The van der Waals surface area contributed by atoms with Crippen LogP contribution in [-0.4, -0.2) is 22.0 Å². The Hall–Kier alpha value is -1.62. The van der Waals surface area contributed by atoms with Gasteiger partial charge in [-0.15, -0.1) is 0 Å². The summed E-state index contributed by atoms with van der Waals surface area (Å²) >= 11 is 8.15. The Bertz CT molecular complexity index is 965. The van der Waals surface area contributed by atoms with Crippen LogP contribution in [-0.2, 0) is 11.3 Å². The molecule has 0 heterocycles. The summed E-state index contributed by atoms with van der Waals surface area (Å²) in [6, 6.07) is 2.64. The van der Waals surface area contributed by atoms with Crippen LogP contribution in [0.25, 0.3) is 0 Å². The van der Waals surface area contributed by atoms with Crippen molar-refractivity contribution in [2.75, 3.05) is 11.5 Å². The number of nitrogen functional groups attached to an aromatic ring is 2. The van der Waals surface area contributed by atoms with Crippen LogP contribution in [0.1, 0.15) is 11.1 Å². The van der Waals surface area contributed by atoms with Crippen molar-refractivity contribution in [3.05, 3.63) is 58.4 Å². The standard InChI is InChI=1S/C9H5BrClF6N.C9H5BrF7N/c2*10-8(13,14)7(12,9(15,16)17)4-1-2-6(18)5(11)3-4/h2*1-3H,18H2. The fourth-order valence-electron chi connectivity index (χ4n) is 2.46. The molecule has 2 aromatic carbocycles. The van der Waals surface area contributed by atoms with Gasteiger partial charge < -0.3 is 11.5 Å². The van der Waals surface area contributed by atoms with E-state index in [1.54, 1.807) is 0 Å². The molecule has 0 saturated carbocycles. The zero-order chi connectivity index (χ0) is 28.7. The van der Waals surface area contributed by atoms with Gasteiger partial charge in [0.2, 0.25) is 0 Å². The third-order valence-corrected chi connectivity index (χ3v) is 5.78. The van der Waals surface area contributed by atoms with Gasteiger partial charge in [-0.25, -0.2) is 13.2 Å². The van der Waals surface area contributed by atoms with Crippen molar-refractivity contribution in [1.82, 2.24) is 0 Å². The van der Waals surface area contributed by atoms with Gasteiger partial charge in [-0.1, -0.05) is 23.7 Å². The second-order valence-corrected chi connectivity index (χ2v) is 9.18. The van der Waals surface area contributed by atoms with Crippen molar-refractivity contribution in [1.29, 1.82) is 0 Å². The van der Waals surface area contributed by atoms with Crippen LogP contribution in [0, 0.1) is 5.82 Å². The van der Waals surface area contributed by atoms with Crippen molar-refractivity contribution in [2.45, 2.75) is 33.4 Å². The summed E-state index contributed by atoms with van der Waals surface area (Å²) in [5, 5.41) is -0.449. The Labute approximate surface area is 215 Å². The van der Waals surface area contributed by atoms with E-state index in [-0.39, 0.29) is 11.8 Å². The van der Waals surface area contributed by atoms with Gasteiger partial charge in [0.1, 0.15) is 5.82 Å². The van der Waals surface area contributed by atoms with Gasteiger partial charge in [0.05, 0.1) is 16.4 Å². The molecule has 2 aromatic rings. The van der Waals surface area contributed by atoms with E-state index in [2.05, 4.69) is 0 Å². The van der Waals surface area contributed by atoms with Crippen LogP contribution in [0.5, 0.6) is 0 Å². The summed E-state index contributed by atoms with van der Waals surface area (Å²) in [5.74, 6) is -1.42. The van der Waals surface area contributed by atoms with Crippen molar-refractivity contribution in [3.63, 3.8) is 0 Å². The van der Waals surface area contributed by atoms with Crippen LogP contribution in [0.4, 0.5) is 68.5 Å². The van der Waals surface area contributed by atoms with Crippen molar-refractivity contribution < 1.29 is 57.1 Å². The minimum Gasteiger partial charge on any atom is -0.398 e. The lowest BCUT2D eigenvalue weighted by Crippen LogP contribution is -2.49. The van der Waals surface area contributed by atoms with Crippen LogP contribution >= 0.6 is 43.5 Å².